The maximum Gasteiger partial charge on any atom is 0.270 e. The Balaban J connectivity index is 2.71. The highest BCUT2D eigenvalue weighted by molar-refractivity contribution is 5.92. The van der Waals surface area contributed by atoms with Crippen molar-refractivity contribution in [3.63, 3.8) is 0 Å². The molecule has 4 heteroatoms. The average Bonchev–Trinajstić information content (AvgIpc) is 2.17. The summed E-state index contributed by atoms with van der Waals surface area (Å²) in [4.78, 5) is 10.9. The van der Waals surface area contributed by atoms with Gasteiger partial charge in [0.1, 0.15) is 0 Å². The number of rotatable bonds is 1. The van der Waals surface area contributed by atoms with Crippen molar-refractivity contribution >= 4 is 5.91 Å². The molecule has 0 saturated heterocycles. The first-order valence-corrected chi connectivity index (χ1v) is 3.82. The molecule has 0 fully saturated rings. The van der Waals surface area contributed by atoms with Crippen molar-refractivity contribution in [1.82, 2.24) is 5.48 Å². The first-order chi connectivity index (χ1) is 5.77. The predicted octanol–water partition coefficient (Wildman–Crippen LogP) is 0.742. The predicted molar refractivity (Wildman–Crippen MR) is 41.0 cm³/mol. The third-order valence-electron chi connectivity index (χ3n) is 1.92. The van der Waals surface area contributed by atoms with Crippen molar-refractivity contribution in [2.75, 3.05) is 0 Å². The van der Waals surface area contributed by atoms with E-state index in [9.17, 15) is 4.79 Å². The van der Waals surface area contributed by atoms with E-state index in [1.165, 1.54) is 0 Å². The van der Waals surface area contributed by atoms with Gasteiger partial charge in [0.05, 0.1) is 12.0 Å². The smallest absolute Gasteiger partial charge is 0.270 e. The van der Waals surface area contributed by atoms with Crippen LogP contribution in [0, 0.1) is 17.2 Å². The van der Waals surface area contributed by atoms with E-state index in [0.29, 0.717) is 12.0 Å². The van der Waals surface area contributed by atoms with Gasteiger partial charge in [0.25, 0.3) is 5.91 Å². The summed E-state index contributed by atoms with van der Waals surface area (Å²) in [5.41, 5.74) is 2.07. The highest BCUT2D eigenvalue weighted by Gasteiger charge is 2.17. The Kier molecular flexibility index (Phi) is 2.83. The molecule has 0 aromatic carbocycles. The van der Waals surface area contributed by atoms with Crippen molar-refractivity contribution in [2.45, 2.75) is 19.3 Å². The van der Waals surface area contributed by atoms with Crippen LogP contribution in [0.3, 0.4) is 0 Å². The van der Waals surface area contributed by atoms with Gasteiger partial charge in [-0.1, -0.05) is 6.08 Å². The number of carbonyl (C=O) groups is 1. The van der Waals surface area contributed by atoms with Crippen molar-refractivity contribution < 1.29 is 10.0 Å². The van der Waals surface area contributed by atoms with E-state index in [0.717, 1.165) is 12.8 Å². The lowest BCUT2D eigenvalue weighted by Crippen LogP contribution is -2.22. The van der Waals surface area contributed by atoms with Gasteiger partial charge in [-0.15, -0.1) is 0 Å². The van der Waals surface area contributed by atoms with E-state index in [-0.39, 0.29) is 5.92 Å². The molecule has 1 rings (SSSR count). The number of allylic oxidation sites excluding steroid dienone is 1. The lowest BCUT2D eigenvalue weighted by molar-refractivity contribution is -0.125. The SMILES string of the molecule is N#CC1C=C(C(=O)NO)CCC1. The zero-order valence-electron chi connectivity index (χ0n) is 6.58. The summed E-state index contributed by atoms with van der Waals surface area (Å²) in [5, 5.41) is 16.9. The molecule has 0 aliphatic heterocycles. The van der Waals surface area contributed by atoms with Gasteiger partial charge in [-0.3, -0.25) is 10.0 Å². The van der Waals surface area contributed by atoms with E-state index in [1.807, 2.05) is 0 Å². The van der Waals surface area contributed by atoms with Gasteiger partial charge in [-0.2, -0.15) is 5.26 Å². The molecule has 2 N–H and O–H groups in total. The van der Waals surface area contributed by atoms with Crippen LogP contribution >= 0.6 is 0 Å². The monoisotopic (exact) mass is 166 g/mol. The van der Waals surface area contributed by atoms with Gasteiger partial charge < -0.3 is 0 Å². The lowest BCUT2D eigenvalue weighted by atomic mass is 9.91. The summed E-state index contributed by atoms with van der Waals surface area (Å²) in [6.07, 6.45) is 3.90. The number of nitrogens with zero attached hydrogens (tertiary/aromatic N) is 1. The minimum Gasteiger partial charge on any atom is -0.288 e. The molecular formula is C8H10N2O2. The number of hydrogen-bond acceptors (Lipinski definition) is 3. The molecule has 0 spiro atoms. The van der Waals surface area contributed by atoms with Crippen LogP contribution in [0.25, 0.3) is 0 Å². The Morgan fingerprint density at radius 2 is 2.58 bits per heavy atom. The number of hydroxylamine groups is 1. The van der Waals surface area contributed by atoms with Crippen LogP contribution in [0.1, 0.15) is 19.3 Å². The minimum absolute atomic E-state index is 0.175. The number of nitrogens with one attached hydrogen (secondary N) is 1. The van der Waals surface area contributed by atoms with Crippen molar-refractivity contribution in [3.8, 4) is 6.07 Å². The van der Waals surface area contributed by atoms with E-state index < -0.39 is 5.91 Å². The fourth-order valence-corrected chi connectivity index (χ4v) is 1.28. The molecular weight excluding hydrogens is 156 g/mol. The Hall–Kier alpha value is -1.34. The number of nitriles is 1. The van der Waals surface area contributed by atoms with Gasteiger partial charge in [0, 0.05) is 5.57 Å². The molecule has 0 heterocycles. The number of carbonyl (C=O) groups excluding carboxylic acids is 1. The van der Waals surface area contributed by atoms with E-state index in [2.05, 4.69) is 6.07 Å². The zero-order chi connectivity index (χ0) is 8.97. The van der Waals surface area contributed by atoms with Crippen LogP contribution in [0.2, 0.25) is 0 Å². The van der Waals surface area contributed by atoms with Gasteiger partial charge in [-0.25, -0.2) is 5.48 Å². The third kappa shape index (κ3) is 1.83. The van der Waals surface area contributed by atoms with Crippen LogP contribution in [-0.2, 0) is 4.79 Å². The summed E-state index contributed by atoms with van der Waals surface area (Å²) in [5.74, 6) is -0.666. The summed E-state index contributed by atoms with van der Waals surface area (Å²) in [6, 6.07) is 2.07. The van der Waals surface area contributed by atoms with E-state index in [1.54, 1.807) is 11.6 Å². The van der Waals surface area contributed by atoms with Gasteiger partial charge in [0.2, 0.25) is 0 Å². The van der Waals surface area contributed by atoms with Crippen molar-refractivity contribution in [1.29, 1.82) is 5.26 Å². The second kappa shape index (κ2) is 3.88. The summed E-state index contributed by atoms with van der Waals surface area (Å²) in [6.45, 7) is 0. The van der Waals surface area contributed by atoms with Crippen LogP contribution in [0.15, 0.2) is 11.6 Å². The van der Waals surface area contributed by atoms with Crippen molar-refractivity contribution in [3.05, 3.63) is 11.6 Å². The molecule has 1 amide bonds. The fourth-order valence-electron chi connectivity index (χ4n) is 1.28. The van der Waals surface area contributed by atoms with Crippen LogP contribution < -0.4 is 5.48 Å². The highest BCUT2D eigenvalue weighted by Crippen LogP contribution is 2.21. The molecule has 12 heavy (non-hydrogen) atoms. The Bertz CT molecular complexity index is 252. The van der Waals surface area contributed by atoms with Crippen LogP contribution in [0.5, 0.6) is 0 Å². The van der Waals surface area contributed by atoms with Gasteiger partial charge >= 0.3 is 0 Å². The molecule has 64 valence electrons. The Morgan fingerprint density at radius 1 is 1.83 bits per heavy atom. The molecule has 4 nitrogen and oxygen atoms in total. The molecule has 0 aromatic rings. The molecule has 1 aliphatic carbocycles. The van der Waals surface area contributed by atoms with E-state index >= 15 is 0 Å². The molecule has 1 atom stereocenters. The largest absolute Gasteiger partial charge is 0.288 e. The first-order valence-electron chi connectivity index (χ1n) is 3.82. The van der Waals surface area contributed by atoms with Crippen LogP contribution in [0.4, 0.5) is 0 Å². The highest BCUT2D eigenvalue weighted by atomic mass is 16.5. The second-order valence-corrected chi connectivity index (χ2v) is 2.76. The van der Waals surface area contributed by atoms with E-state index in [4.69, 9.17) is 10.5 Å². The molecule has 0 bridgehead atoms. The fraction of sp³-hybridized carbons (Fsp3) is 0.500. The maximum absolute atomic E-state index is 10.9. The summed E-state index contributed by atoms with van der Waals surface area (Å²) in [7, 11) is 0. The quantitative estimate of drug-likeness (QED) is 0.445. The first kappa shape index (κ1) is 8.75. The molecule has 1 aliphatic rings. The molecule has 0 saturated carbocycles. The summed E-state index contributed by atoms with van der Waals surface area (Å²) >= 11 is 0. The van der Waals surface area contributed by atoms with Crippen LogP contribution in [-0.4, -0.2) is 11.1 Å². The molecule has 1 unspecified atom stereocenters. The third-order valence-corrected chi connectivity index (χ3v) is 1.92. The lowest BCUT2D eigenvalue weighted by Gasteiger charge is -2.13. The number of amides is 1. The zero-order valence-corrected chi connectivity index (χ0v) is 6.58. The minimum atomic E-state index is -0.491. The van der Waals surface area contributed by atoms with Gasteiger partial charge in [-0.05, 0) is 19.3 Å². The summed E-state index contributed by atoms with van der Waals surface area (Å²) < 4.78 is 0. The average molecular weight is 166 g/mol. The second-order valence-electron chi connectivity index (χ2n) is 2.76. The Labute approximate surface area is 70.5 Å². The molecule has 0 radical (unpaired) electrons. The Morgan fingerprint density at radius 3 is 3.17 bits per heavy atom. The standard InChI is InChI=1S/C8H10N2O2/c9-5-6-2-1-3-7(4-6)8(11)10-12/h4,6,12H,1-3H2,(H,10,11). The maximum atomic E-state index is 10.9. The number of hydrogen-bond donors (Lipinski definition) is 2. The van der Waals surface area contributed by atoms with Crippen molar-refractivity contribution in [2.24, 2.45) is 5.92 Å². The molecule has 0 aromatic heterocycles. The normalized spacial score (nSPS) is 22.3. The van der Waals surface area contributed by atoms with Gasteiger partial charge in [0.15, 0.2) is 0 Å². The topological polar surface area (TPSA) is 73.1 Å².